The molecule has 0 spiro atoms. The van der Waals surface area contributed by atoms with Crippen LogP contribution in [0.25, 0.3) is 0 Å². The van der Waals surface area contributed by atoms with Crippen molar-refractivity contribution in [3.63, 3.8) is 0 Å². The lowest BCUT2D eigenvalue weighted by Crippen LogP contribution is -2.26. The normalized spacial score (nSPS) is 17.9. The van der Waals surface area contributed by atoms with E-state index in [-0.39, 0.29) is 4.90 Å². The molecule has 0 saturated carbocycles. The standard InChI is InChI=1S/C10H12BrNO3S/c1-8-5-9(11)7-10(6-8)16(13,14)12-3-2-4-15-12/h5-7H,2-4H2,1H3. The van der Waals surface area contributed by atoms with Crippen LogP contribution < -0.4 is 0 Å². The number of hydrogen-bond donors (Lipinski definition) is 0. The first-order valence-corrected chi connectivity index (χ1v) is 7.16. The van der Waals surface area contributed by atoms with Crippen LogP contribution in [0.1, 0.15) is 12.0 Å². The fourth-order valence-electron chi connectivity index (χ4n) is 1.58. The number of halogens is 1. The van der Waals surface area contributed by atoms with E-state index in [4.69, 9.17) is 4.84 Å². The van der Waals surface area contributed by atoms with Crippen molar-refractivity contribution in [3.8, 4) is 0 Å². The van der Waals surface area contributed by atoms with Crippen molar-refractivity contribution in [1.82, 2.24) is 4.47 Å². The fraction of sp³-hybridized carbons (Fsp3) is 0.400. The molecule has 88 valence electrons. The minimum absolute atomic E-state index is 0.265. The molecule has 0 aliphatic carbocycles. The largest absolute Gasteiger partial charge is 0.284 e. The first-order valence-electron chi connectivity index (χ1n) is 4.93. The van der Waals surface area contributed by atoms with Gasteiger partial charge in [0.05, 0.1) is 11.5 Å². The third-order valence-corrected chi connectivity index (χ3v) is 4.42. The molecule has 0 amide bonds. The van der Waals surface area contributed by atoms with E-state index in [1.165, 1.54) is 0 Å². The van der Waals surface area contributed by atoms with Gasteiger partial charge >= 0.3 is 0 Å². The molecule has 6 heteroatoms. The second-order valence-corrected chi connectivity index (χ2v) is 6.43. The number of sulfonamides is 1. The Morgan fingerprint density at radius 1 is 1.38 bits per heavy atom. The Kier molecular flexibility index (Phi) is 3.34. The Labute approximate surface area is 103 Å². The van der Waals surface area contributed by atoms with E-state index in [2.05, 4.69) is 15.9 Å². The van der Waals surface area contributed by atoms with Gasteiger partial charge in [0.25, 0.3) is 10.0 Å². The smallest absolute Gasteiger partial charge is 0.265 e. The number of nitrogens with zero attached hydrogens (tertiary/aromatic N) is 1. The molecule has 4 nitrogen and oxygen atoms in total. The number of aryl methyl sites for hydroxylation is 1. The summed E-state index contributed by atoms with van der Waals surface area (Å²) in [5, 5.41) is 0. The molecule has 2 rings (SSSR count). The van der Waals surface area contributed by atoms with Gasteiger partial charge in [-0.2, -0.15) is 0 Å². The van der Waals surface area contributed by atoms with E-state index < -0.39 is 10.0 Å². The zero-order chi connectivity index (χ0) is 11.8. The van der Waals surface area contributed by atoms with Crippen LogP contribution in [-0.2, 0) is 14.9 Å². The first kappa shape index (κ1) is 12.0. The minimum atomic E-state index is -3.50. The van der Waals surface area contributed by atoms with Crippen molar-refractivity contribution in [3.05, 3.63) is 28.2 Å². The predicted molar refractivity (Wildman–Crippen MR) is 63.3 cm³/mol. The average Bonchev–Trinajstić information content (AvgIpc) is 2.69. The van der Waals surface area contributed by atoms with E-state index in [9.17, 15) is 8.42 Å². The Hall–Kier alpha value is -0.430. The molecule has 0 radical (unpaired) electrons. The molecular formula is C10H12BrNO3S. The van der Waals surface area contributed by atoms with Crippen LogP contribution in [0.5, 0.6) is 0 Å². The first-order chi connectivity index (χ1) is 7.50. The van der Waals surface area contributed by atoms with Crippen LogP contribution in [0.15, 0.2) is 27.6 Å². The molecular weight excluding hydrogens is 294 g/mol. The average molecular weight is 306 g/mol. The third kappa shape index (κ3) is 2.29. The fourth-order valence-corrected chi connectivity index (χ4v) is 3.77. The van der Waals surface area contributed by atoms with Gasteiger partial charge in [0, 0.05) is 11.0 Å². The molecule has 1 aromatic rings. The summed E-state index contributed by atoms with van der Waals surface area (Å²) in [4.78, 5) is 5.35. The van der Waals surface area contributed by atoms with Crippen molar-refractivity contribution in [2.75, 3.05) is 13.2 Å². The highest BCUT2D eigenvalue weighted by atomic mass is 79.9. The van der Waals surface area contributed by atoms with Crippen LogP contribution in [0, 0.1) is 6.92 Å². The minimum Gasteiger partial charge on any atom is -0.284 e. The van der Waals surface area contributed by atoms with Crippen molar-refractivity contribution in [2.24, 2.45) is 0 Å². The highest BCUT2D eigenvalue weighted by Gasteiger charge is 2.28. The van der Waals surface area contributed by atoms with Crippen LogP contribution >= 0.6 is 15.9 Å². The lowest BCUT2D eigenvalue weighted by atomic mass is 10.2. The van der Waals surface area contributed by atoms with Crippen LogP contribution in [0.2, 0.25) is 0 Å². The maximum atomic E-state index is 12.1. The Balaban J connectivity index is 2.42. The summed E-state index contributed by atoms with van der Waals surface area (Å²) in [6, 6.07) is 5.09. The van der Waals surface area contributed by atoms with E-state index in [1.54, 1.807) is 12.1 Å². The van der Waals surface area contributed by atoms with Gasteiger partial charge in [-0.05, 0) is 37.1 Å². The summed E-state index contributed by atoms with van der Waals surface area (Å²) in [5.41, 5.74) is 0.896. The molecule has 1 aliphatic rings. The molecule has 0 N–H and O–H groups in total. The van der Waals surface area contributed by atoms with E-state index in [0.29, 0.717) is 13.2 Å². The summed E-state index contributed by atoms with van der Waals surface area (Å²) in [5.74, 6) is 0. The van der Waals surface area contributed by atoms with E-state index in [0.717, 1.165) is 20.9 Å². The highest BCUT2D eigenvalue weighted by molar-refractivity contribution is 9.10. The molecule has 1 heterocycles. The van der Waals surface area contributed by atoms with Gasteiger partial charge in [-0.3, -0.25) is 4.84 Å². The maximum Gasteiger partial charge on any atom is 0.265 e. The van der Waals surface area contributed by atoms with Gasteiger partial charge < -0.3 is 0 Å². The summed E-state index contributed by atoms with van der Waals surface area (Å²) >= 11 is 3.29. The van der Waals surface area contributed by atoms with Gasteiger partial charge in [-0.15, -0.1) is 0 Å². The maximum absolute atomic E-state index is 12.1. The topological polar surface area (TPSA) is 46.6 Å². The molecule has 1 aliphatic heterocycles. The Morgan fingerprint density at radius 2 is 2.12 bits per heavy atom. The van der Waals surface area contributed by atoms with Gasteiger partial charge in [-0.1, -0.05) is 20.4 Å². The zero-order valence-electron chi connectivity index (χ0n) is 8.81. The molecule has 16 heavy (non-hydrogen) atoms. The summed E-state index contributed by atoms with van der Waals surface area (Å²) in [6.45, 7) is 2.74. The highest BCUT2D eigenvalue weighted by Crippen LogP contribution is 2.24. The van der Waals surface area contributed by atoms with Gasteiger partial charge in [0.2, 0.25) is 0 Å². The monoisotopic (exact) mass is 305 g/mol. The Morgan fingerprint density at radius 3 is 2.69 bits per heavy atom. The lowest BCUT2D eigenvalue weighted by Gasteiger charge is -2.14. The van der Waals surface area contributed by atoms with Crippen molar-refractivity contribution in [2.45, 2.75) is 18.2 Å². The zero-order valence-corrected chi connectivity index (χ0v) is 11.2. The predicted octanol–water partition coefficient (Wildman–Crippen LogP) is 2.08. The molecule has 1 aromatic carbocycles. The number of rotatable bonds is 2. The molecule has 0 atom stereocenters. The van der Waals surface area contributed by atoms with Crippen molar-refractivity contribution < 1.29 is 13.3 Å². The SMILES string of the molecule is Cc1cc(Br)cc(S(=O)(=O)N2CCCO2)c1. The van der Waals surface area contributed by atoms with Crippen molar-refractivity contribution >= 4 is 26.0 Å². The quantitative estimate of drug-likeness (QED) is 0.840. The number of hydrogen-bond acceptors (Lipinski definition) is 3. The van der Waals surface area contributed by atoms with Crippen LogP contribution in [0.3, 0.4) is 0 Å². The molecule has 1 fully saturated rings. The second-order valence-electron chi connectivity index (χ2n) is 3.68. The van der Waals surface area contributed by atoms with Crippen LogP contribution in [0.4, 0.5) is 0 Å². The number of benzene rings is 1. The summed E-state index contributed by atoms with van der Waals surface area (Å²) in [7, 11) is -3.50. The molecule has 0 unspecified atom stereocenters. The molecule has 0 aromatic heterocycles. The van der Waals surface area contributed by atoms with Gasteiger partial charge in [0.1, 0.15) is 0 Å². The van der Waals surface area contributed by atoms with E-state index in [1.807, 2.05) is 13.0 Å². The number of hydroxylamine groups is 1. The van der Waals surface area contributed by atoms with E-state index >= 15 is 0 Å². The second kappa shape index (κ2) is 4.44. The van der Waals surface area contributed by atoms with Gasteiger partial charge in [0.15, 0.2) is 0 Å². The lowest BCUT2D eigenvalue weighted by molar-refractivity contribution is -0.0284. The summed E-state index contributed by atoms with van der Waals surface area (Å²) < 4.78 is 26.1. The molecule has 1 saturated heterocycles. The summed E-state index contributed by atoms with van der Waals surface area (Å²) in [6.07, 6.45) is 0.742. The van der Waals surface area contributed by atoms with Crippen molar-refractivity contribution in [1.29, 1.82) is 0 Å². The third-order valence-electron chi connectivity index (χ3n) is 2.30. The molecule has 0 bridgehead atoms. The van der Waals surface area contributed by atoms with Crippen LogP contribution in [-0.4, -0.2) is 26.0 Å². The van der Waals surface area contributed by atoms with Gasteiger partial charge in [-0.25, -0.2) is 8.42 Å². The Bertz CT molecular complexity index is 475.